The highest BCUT2D eigenvalue weighted by Gasteiger charge is 2.21. The summed E-state index contributed by atoms with van der Waals surface area (Å²) in [5.41, 5.74) is 6.45. The first kappa shape index (κ1) is 16.0. The zero-order valence-corrected chi connectivity index (χ0v) is 12.7. The Labute approximate surface area is 114 Å². The fraction of sp³-hybridized carbons (Fsp3) is 1.00. The lowest BCUT2D eigenvalue weighted by Crippen LogP contribution is -2.46. The van der Waals surface area contributed by atoms with E-state index >= 15 is 0 Å². The lowest BCUT2D eigenvalue weighted by Gasteiger charge is -2.33. The molecule has 0 saturated heterocycles. The molecule has 0 aromatic rings. The van der Waals surface area contributed by atoms with Gasteiger partial charge in [0, 0.05) is 12.1 Å². The van der Waals surface area contributed by atoms with Gasteiger partial charge < -0.3 is 10.6 Å². The van der Waals surface area contributed by atoms with Gasteiger partial charge in [0.1, 0.15) is 0 Å². The minimum absolute atomic E-state index is 0.390. The largest absolute Gasteiger partial charge is 0.326 e. The maximum Gasteiger partial charge on any atom is 0.0244 e. The molecule has 2 heteroatoms. The molecule has 18 heavy (non-hydrogen) atoms. The molecule has 0 spiro atoms. The molecule has 0 heterocycles. The van der Waals surface area contributed by atoms with E-state index in [4.69, 9.17) is 5.73 Å². The van der Waals surface area contributed by atoms with Gasteiger partial charge in [0.05, 0.1) is 0 Å². The van der Waals surface area contributed by atoms with Crippen LogP contribution in [0.5, 0.6) is 0 Å². The maximum atomic E-state index is 6.45. The molecule has 1 rings (SSSR count). The molecule has 0 aliphatic heterocycles. The maximum absolute atomic E-state index is 6.45. The molecular weight excluding hydrogens is 220 g/mol. The van der Waals surface area contributed by atoms with E-state index in [0.29, 0.717) is 12.1 Å². The fourth-order valence-corrected chi connectivity index (χ4v) is 3.27. The van der Waals surface area contributed by atoms with E-state index in [0.717, 1.165) is 0 Å². The first-order valence-corrected chi connectivity index (χ1v) is 8.21. The highest BCUT2D eigenvalue weighted by Crippen LogP contribution is 2.19. The average Bonchev–Trinajstić information content (AvgIpc) is 2.34. The van der Waals surface area contributed by atoms with Gasteiger partial charge in [-0.2, -0.15) is 0 Å². The Hall–Kier alpha value is -0.0800. The molecule has 1 fully saturated rings. The second-order valence-corrected chi connectivity index (χ2v) is 6.12. The fourth-order valence-electron chi connectivity index (χ4n) is 3.27. The van der Waals surface area contributed by atoms with Crippen molar-refractivity contribution in [2.45, 2.75) is 89.6 Å². The molecule has 0 aromatic heterocycles. The molecule has 108 valence electrons. The van der Waals surface area contributed by atoms with Crippen molar-refractivity contribution >= 4 is 0 Å². The molecule has 1 aliphatic rings. The lowest BCUT2D eigenvalue weighted by molar-refractivity contribution is 0.188. The monoisotopic (exact) mass is 254 g/mol. The number of hydrogen-bond acceptors (Lipinski definition) is 2. The molecule has 0 bridgehead atoms. The van der Waals surface area contributed by atoms with Crippen LogP contribution in [-0.2, 0) is 0 Å². The third-order valence-electron chi connectivity index (χ3n) is 4.42. The third kappa shape index (κ3) is 6.19. The van der Waals surface area contributed by atoms with Gasteiger partial charge in [-0.3, -0.25) is 0 Å². The van der Waals surface area contributed by atoms with Gasteiger partial charge in [-0.05, 0) is 32.9 Å². The van der Waals surface area contributed by atoms with Gasteiger partial charge in [0.15, 0.2) is 0 Å². The minimum atomic E-state index is 0.390. The second kappa shape index (κ2) is 9.80. The Balaban J connectivity index is 2.46. The number of hydrogen-bond donors (Lipinski definition) is 1. The van der Waals surface area contributed by atoms with Gasteiger partial charge in [-0.25, -0.2) is 0 Å². The van der Waals surface area contributed by atoms with Crippen LogP contribution in [0.1, 0.15) is 77.6 Å². The minimum Gasteiger partial charge on any atom is -0.326 e. The van der Waals surface area contributed by atoms with E-state index in [9.17, 15) is 0 Å². The van der Waals surface area contributed by atoms with Crippen LogP contribution in [-0.4, -0.2) is 30.6 Å². The van der Waals surface area contributed by atoms with Crippen molar-refractivity contribution in [2.75, 3.05) is 13.6 Å². The Morgan fingerprint density at radius 3 is 1.94 bits per heavy atom. The molecule has 2 N–H and O–H groups in total. The summed E-state index contributed by atoms with van der Waals surface area (Å²) in [5, 5.41) is 0. The van der Waals surface area contributed by atoms with E-state index in [1.807, 2.05) is 0 Å². The summed E-state index contributed by atoms with van der Waals surface area (Å²) in [4.78, 5) is 2.51. The van der Waals surface area contributed by atoms with Crippen molar-refractivity contribution in [3.63, 3.8) is 0 Å². The number of nitrogens with zero attached hydrogens (tertiary/aromatic N) is 1. The first-order valence-electron chi connectivity index (χ1n) is 8.21. The van der Waals surface area contributed by atoms with Gasteiger partial charge in [0.25, 0.3) is 0 Å². The number of rotatable bonds is 3. The van der Waals surface area contributed by atoms with Crippen LogP contribution in [0, 0.1) is 0 Å². The highest BCUT2D eigenvalue weighted by atomic mass is 15.1. The molecule has 1 aliphatic carbocycles. The Bertz CT molecular complexity index is 194. The second-order valence-electron chi connectivity index (χ2n) is 6.12. The van der Waals surface area contributed by atoms with Crippen molar-refractivity contribution in [1.29, 1.82) is 0 Å². The van der Waals surface area contributed by atoms with Gasteiger partial charge in [0.2, 0.25) is 0 Å². The Morgan fingerprint density at radius 2 is 1.39 bits per heavy atom. The van der Waals surface area contributed by atoms with Crippen molar-refractivity contribution < 1.29 is 0 Å². The Morgan fingerprint density at radius 1 is 0.889 bits per heavy atom. The predicted octanol–water partition coefficient (Wildman–Crippen LogP) is 3.94. The van der Waals surface area contributed by atoms with Gasteiger partial charge >= 0.3 is 0 Å². The summed E-state index contributed by atoms with van der Waals surface area (Å²) in [5.74, 6) is 0. The summed E-state index contributed by atoms with van der Waals surface area (Å²) in [6, 6.07) is 1.00. The summed E-state index contributed by atoms with van der Waals surface area (Å²) in [6.45, 7) is 3.45. The van der Waals surface area contributed by atoms with Crippen LogP contribution in [0.2, 0.25) is 0 Å². The molecule has 2 atom stereocenters. The zero-order chi connectivity index (χ0) is 13.2. The van der Waals surface area contributed by atoms with Gasteiger partial charge in [-0.1, -0.05) is 58.3 Å². The van der Waals surface area contributed by atoms with Crippen LogP contribution in [0.4, 0.5) is 0 Å². The topological polar surface area (TPSA) is 29.3 Å². The molecule has 0 radical (unpaired) electrons. The molecule has 2 nitrogen and oxygen atoms in total. The number of nitrogens with two attached hydrogens (primary N) is 1. The van der Waals surface area contributed by atoms with Crippen molar-refractivity contribution in [3.05, 3.63) is 0 Å². The van der Waals surface area contributed by atoms with E-state index in [-0.39, 0.29) is 0 Å². The quantitative estimate of drug-likeness (QED) is 0.826. The first-order chi connectivity index (χ1) is 8.75. The van der Waals surface area contributed by atoms with E-state index in [1.54, 1.807) is 0 Å². The van der Waals surface area contributed by atoms with E-state index < -0.39 is 0 Å². The summed E-state index contributed by atoms with van der Waals surface area (Å²) in [7, 11) is 2.26. The smallest absolute Gasteiger partial charge is 0.0244 e. The molecule has 1 saturated carbocycles. The van der Waals surface area contributed by atoms with E-state index in [2.05, 4.69) is 18.9 Å². The summed E-state index contributed by atoms with van der Waals surface area (Å²) in [6.07, 6.45) is 15.0. The average molecular weight is 254 g/mol. The highest BCUT2D eigenvalue weighted by molar-refractivity contribution is 4.81. The van der Waals surface area contributed by atoms with Crippen LogP contribution < -0.4 is 5.73 Å². The summed E-state index contributed by atoms with van der Waals surface area (Å²) < 4.78 is 0. The third-order valence-corrected chi connectivity index (χ3v) is 4.42. The normalized spacial score (nSPS) is 28.7. The SMILES string of the molecule is CCCN(C)C1CCCCCCCCCCC1N. The van der Waals surface area contributed by atoms with Crippen molar-refractivity contribution in [2.24, 2.45) is 5.73 Å². The van der Waals surface area contributed by atoms with Gasteiger partial charge in [-0.15, -0.1) is 0 Å². The predicted molar refractivity (Wildman–Crippen MR) is 80.9 cm³/mol. The van der Waals surface area contributed by atoms with Crippen molar-refractivity contribution in [3.8, 4) is 0 Å². The van der Waals surface area contributed by atoms with Crippen LogP contribution in [0.15, 0.2) is 0 Å². The molecule has 0 aromatic carbocycles. The van der Waals surface area contributed by atoms with Crippen LogP contribution in [0.3, 0.4) is 0 Å². The van der Waals surface area contributed by atoms with E-state index in [1.165, 1.54) is 77.2 Å². The molecule has 0 amide bonds. The zero-order valence-electron chi connectivity index (χ0n) is 12.7. The van der Waals surface area contributed by atoms with Crippen LogP contribution in [0.25, 0.3) is 0 Å². The van der Waals surface area contributed by atoms with Crippen LogP contribution >= 0.6 is 0 Å². The molecule has 2 unspecified atom stereocenters. The van der Waals surface area contributed by atoms with Crippen molar-refractivity contribution in [1.82, 2.24) is 4.90 Å². The number of likely N-dealkylation sites (N-methyl/N-ethyl adjacent to an activating group) is 1. The molecular formula is C16H34N2. The summed E-state index contributed by atoms with van der Waals surface area (Å²) >= 11 is 0. The Kier molecular flexibility index (Phi) is 8.70. The standard InChI is InChI=1S/C16H34N2/c1-3-14-18(2)16-13-11-9-7-5-4-6-8-10-12-15(16)17/h15-16H,3-14,17H2,1-2H3. The lowest BCUT2D eigenvalue weighted by atomic mass is 9.93.